The third-order valence-corrected chi connectivity index (χ3v) is 6.78. The van der Waals surface area contributed by atoms with Crippen LogP contribution in [0.2, 0.25) is 0 Å². The molecule has 0 radical (unpaired) electrons. The van der Waals surface area contributed by atoms with Crippen molar-refractivity contribution in [1.29, 1.82) is 0 Å². The molecule has 0 spiro atoms. The summed E-state index contributed by atoms with van der Waals surface area (Å²) >= 11 is 0. The Morgan fingerprint density at radius 3 is 2.03 bits per heavy atom. The van der Waals surface area contributed by atoms with E-state index < -0.39 is 58.6 Å². The Morgan fingerprint density at radius 2 is 1.47 bits per heavy atom. The first-order valence-electron chi connectivity index (χ1n) is 11.6. The Kier molecular flexibility index (Phi) is 9.07. The first-order valence-corrected chi connectivity index (χ1v) is 12.9. The zero-order chi connectivity index (χ0) is 28.4. The van der Waals surface area contributed by atoms with Crippen LogP contribution in [0.15, 0.2) is 36.4 Å². The van der Waals surface area contributed by atoms with E-state index in [1.807, 2.05) is 13.8 Å². The molecule has 1 heterocycles. The molecule has 13 nitrogen and oxygen atoms in total. The van der Waals surface area contributed by atoms with Gasteiger partial charge in [-0.05, 0) is 60.1 Å². The van der Waals surface area contributed by atoms with Gasteiger partial charge in [0.25, 0.3) is 0 Å². The molecular formula is C24H30O13S. The van der Waals surface area contributed by atoms with Crippen LogP contribution in [-0.2, 0) is 32.8 Å². The highest BCUT2D eigenvalue weighted by molar-refractivity contribution is 7.81. The Hall–Kier alpha value is -3.14. The quantitative estimate of drug-likeness (QED) is 0.199. The van der Waals surface area contributed by atoms with Gasteiger partial charge in [0.05, 0.1) is 0 Å². The van der Waals surface area contributed by atoms with Gasteiger partial charge in [-0.25, -0.2) is 4.79 Å². The summed E-state index contributed by atoms with van der Waals surface area (Å²) in [6, 6.07) is 8.63. The van der Waals surface area contributed by atoms with E-state index in [0.717, 1.165) is 5.56 Å². The predicted octanol–water partition coefficient (Wildman–Crippen LogP) is 0.608. The average molecular weight is 559 g/mol. The van der Waals surface area contributed by atoms with Crippen LogP contribution in [0.5, 0.6) is 23.0 Å². The molecule has 7 atom stereocenters. The van der Waals surface area contributed by atoms with Gasteiger partial charge in [-0.1, -0.05) is 26.0 Å². The van der Waals surface area contributed by atoms with E-state index in [9.17, 15) is 38.7 Å². The Balaban J connectivity index is 1.64. The number of benzene rings is 2. The molecule has 1 aliphatic heterocycles. The number of rotatable bonds is 10. The van der Waals surface area contributed by atoms with Gasteiger partial charge in [0.1, 0.15) is 18.3 Å². The first kappa shape index (κ1) is 29.4. The van der Waals surface area contributed by atoms with Crippen LogP contribution in [0, 0.1) is 11.8 Å². The normalized spacial score (nSPS) is 25.4. The standard InChI is InChI=1S/C24H30O13S/c1-11(12(2)8-14-3-5-15(25)18(10-14)37-38(32,33)34)7-13-4-6-17(16(26)9-13)35-24-21(29)19(27)20(28)22(36-24)23(30)31/h3-6,9-12,19-22,24-29H,7-8H2,1-2H3,(H,30,31)(H,32,33,34)/t11-,12+,19-,20-,21+,22-,24+/m0/s1. The minimum atomic E-state index is -4.80. The molecule has 1 aliphatic rings. The van der Waals surface area contributed by atoms with E-state index >= 15 is 0 Å². The van der Waals surface area contributed by atoms with Gasteiger partial charge in [-0.2, -0.15) is 8.42 Å². The molecule has 38 heavy (non-hydrogen) atoms. The van der Waals surface area contributed by atoms with Crippen LogP contribution < -0.4 is 8.92 Å². The lowest BCUT2D eigenvalue weighted by molar-refractivity contribution is -0.271. The number of aromatic hydroxyl groups is 2. The van der Waals surface area contributed by atoms with Crippen molar-refractivity contribution < 1.29 is 62.1 Å². The van der Waals surface area contributed by atoms with Crippen LogP contribution in [0.4, 0.5) is 0 Å². The summed E-state index contributed by atoms with van der Waals surface area (Å²) in [6.45, 7) is 3.92. The Morgan fingerprint density at radius 1 is 0.895 bits per heavy atom. The van der Waals surface area contributed by atoms with E-state index in [1.165, 1.54) is 24.3 Å². The van der Waals surface area contributed by atoms with E-state index in [-0.39, 0.29) is 23.3 Å². The maximum Gasteiger partial charge on any atom is 0.446 e. The van der Waals surface area contributed by atoms with Crippen LogP contribution in [0.1, 0.15) is 25.0 Å². The van der Waals surface area contributed by atoms with Crippen molar-refractivity contribution in [3.8, 4) is 23.0 Å². The minimum absolute atomic E-state index is 0.0443. The van der Waals surface area contributed by atoms with Crippen molar-refractivity contribution in [2.24, 2.45) is 11.8 Å². The highest BCUT2D eigenvalue weighted by Crippen LogP contribution is 2.34. The summed E-state index contributed by atoms with van der Waals surface area (Å²) < 4.78 is 45.7. The van der Waals surface area contributed by atoms with E-state index in [4.69, 9.17) is 19.1 Å². The lowest BCUT2D eigenvalue weighted by Crippen LogP contribution is -2.61. The second kappa shape index (κ2) is 11.7. The fourth-order valence-electron chi connectivity index (χ4n) is 4.08. The van der Waals surface area contributed by atoms with E-state index in [2.05, 4.69) is 4.18 Å². The lowest BCUT2D eigenvalue weighted by Gasteiger charge is -2.38. The molecule has 210 valence electrons. The second-order valence-corrected chi connectivity index (χ2v) is 10.4. The highest BCUT2D eigenvalue weighted by Gasteiger charge is 2.48. The molecule has 2 aromatic carbocycles. The minimum Gasteiger partial charge on any atom is -0.504 e. The fourth-order valence-corrected chi connectivity index (χ4v) is 4.44. The molecule has 0 amide bonds. The number of aliphatic hydroxyl groups excluding tert-OH is 3. The number of aliphatic carboxylic acids is 1. The van der Waals surface area contributed by atoms with Crippen molar-refractivity contribution in [3.05, 3.63) is 47.5 Å². The van der Waals surface area contributed by atoms with Crippen LogP contribution in [0.25, 0.3) is 0 Å². The Bertz CT molecular complexity index is 1250. The Labute approximate surface area is 218 Å². The monoisotopic (exact) mass is 558 g/mol. The van der Waals surface area contributed by atoms with Gasteiger partial charge >= 0.3 is 16.4 Å². The second-order valence-electron chi connectivity index (χ2n) is 9.33. The van der Waals surface area contributed by atoms with Gasteiger partial charge in [0, 0.05) is 0 Å². The molecule has 14 heteroatoms. The number of hydrogen-bond acceptors (Lipinski definition) is 11. The van der Waals surface area contributed by atoms with Gasteiger partial charge in [0.2, 0.25) is 6.29 Å². The summed E-state index contributed by atoms with van der Waals surface area (Å²) in [5.41, 5.74) is 1.38. The summed E-state index contributed by atoms with van der Waals surface area (Å²) in [5.74, 6) is -2.76. The summed E-state index contributed by atoms with van der Waals surface area (Å²) in [6.07, 6.45) is -8.00. The van der Waals surface area contributed by atoms with Crippen molar-refractivity contribution in [3.63, 3.8) is 0 Å². The maximum atomic E-state index is 11.3. The van der Waals surface area contributed by atoms with Crippen LogP contribution in [0.3, 0.4) is 0 Å². The van der Waals surface area contributed by atoms with Crippen molar-refractivity contribution in [2.45, 2.75) is 57.4 Å². The third-order valence-electron chi connectivity index (χ3n) is 6.39. The van der Waals surface area contributed by atoms with Gasteiger partial charge in [0.15, 0.2) is 29.1 Å². The molecule has 0 unspecified atom stereocenters. The van der Waals surface area contributed by atoms with Crippen LogP contribution in [-0.4, -0.2) is 80.3 Å². The maximum absolute atomic E-state index is 11.3. The van der Waals surface area contributed by atoms with E-state index in [1.54, 1.807) is 12.1 Å². The van der Waals surface area contributed by atoms with Crippen molar-refractivity contribution in [2.75, 3.05) is 0 Å². The number of carboxylic acid groups (broad SMARTS) is 1. The molecule has 0 aromatic heterocycles. The predicted molar refractivity (Wildman–Crippen MR) is 129 cm³/mol. The fraction of sp³-hybridized carbons (Fsp3) is 0.458. The van der Waals surface area contributed by atoms with Gasteiger partial charge < -0.3 is 44.3 Å². The number of phenolic OH excluding ortho intramolecular Hbond substituents is 2. The van der Waals surface area contributed by atoms with E-state index in [0.29, 0.717) is 18.4 Å². The summed E-state index contributed by atoms with van der Waals surface area (Å²) in [4.78, 5) is 11.3. The zero-order valence-electron chi connectivity index (χ0n) is 20.4. The highest BCUT2D eigenvalue weighted by atomic mass is 32.3. The molecular weight excluding hydrogens is 528 g/mol. The molecule has 0 aliphatic carbocycles. The summed E-state index contributed by atoms with van der Waals surface area (Å²) in [7, 11) is -4.80. The molecule has 1 fully saturated rings. The average Bonchev–Trinajstić information content (AvgIpc) is 2.81. The number of phenols is 2. The molecule has 2 aromatic rings. The summed E-state index contributed by atoms with van der Waals surface area (Å²) in [5, 5.41) is 59.1. The van der Waals surface area contributed by atoms with Crippen LogP contribution >= 0.6 is 0 Å². The number of aliphatic hydroxyl groups is 3. The lowest BCUT2D eigenvalue weighted by atomic mass is 9.85. The van der Waals surface area contributed by atoms with Crippen molar-refractivity contribution in [1.82, 2.24) is 0 Å². The third kappa shape index (κ3) is 7.24. The zero-order valence-corrected chi connectivity index (χ0v) is 21.2. The number of ether oxygens (including phenoxy) is 2. The molecule has 1 saturated heterocycles. The topological polar surface area (TPSA) is 221 Å². The first-order chi connectivity index (χ1) is 17.7. The molecule has 7 N–H and O–H groups in total. The molecule has 0 bridgehead atoms. The van der Waals surface area contributed by atoms with Crippen molar-refractivity contribution >= 4 is 16.4 Å². The van der Waals surface area contributed by atoms with Gasteiger partial charge in [-0.3, -0.25) is 4.55 Å². The number of carboxylic acids is 1. The number of carbonyl (C=O) groups is 1. The molecule has 0 saturated carbocycles. The number of hydrogen-bond donors (Lipinski definition) is 7. The SMILES string of the molecule is C[C@H](Cc1ccc(O)c(OS(=O)(=O)O)c1)[C@@H](C)Cc1ccc(O[C@@H]2O[C@H](C(=O)O)[C@@H](O)[C@H](O)[C@H]2O)c(O)c1. The van der Waals surface area contributed by atoms with Gasteiger partial charge in [-0.15, -0.1) is 0 Å². The molecule has 3 rings (SSSR count). The largest absolute Gasteiger partial charge is 0.504 e. The smallest absolute Gasteiger partial charge is 0.446 e.